The van der Waals surface area contributed by atoms with Gasteiger partial charge in [-0.3, -0.25) is 9.59 Å². The third kappa shape index (κ3) is 3.95. The lowest BCUT2D eigenvalue weighted by atomic mass is 10.1. The van der Waals surface area contributed by atoms with Crippen LogP contribution in [0.4, 0.5) is 20.3 Å². The van der Waals surface area contributed by atoms with Crippen molar-refractivity contribution in [2.75, 3.05) is 36.5 Å². The second-order valence-corrected chi connectivity index (χ2v) is 6.61. The molecule has 7 nitrogen and oxygen atoms in total. The molecule has 0 aliphatic carbocycles. The maximum atomic E-state index is 13.3. The van der Waals surface area contributed by atoms with Crippen molar-refractivity contribution in [1.82, 2.24) is 9.78 Å². The van der Waals surface area contributed by atoms with E-state index in [1.54, 1.807) is 12.1 Å². The van der Waals surface area contributed by atoms with Gasteiger partial charge < -0.3 is 15.0 Å². The maximum absolute atomic E-state index is 13.3. The van der Waals surface area contributed by atoms with Crippen molar-refractivity contribution in [3.8, 4) is 0 Å². The number of amides is 1. The fraction of sp³-hybridized carbons (Fsp3) is 0.250. The lowest BCUT2D eigenvalue weighted by molar-refractivity contribution is -0.117. The summed E-state index contributed by atoms with van der Waals surface area (Å²) in [7, 11) is 0. The standard InChI is InChI=1S/C20H18F2N4O3/c21-16-6-5-13(11-17(16)22)23-18(27)12-26-20(28)15-4-2-1-3-14(15)19(24-26)25-7-9-29-10-8-25/h1-6,11H,7-10,12H2,(H,23,27). The van der Waals surface area contributed by atoms with Crippen LogP contribution in [-0.4, -0.2) is 42.0 Å². The summed E-state index contributed by atoms with van der Waals surface area (Å²) in [6.07, 6.45) is 0. The Morgan fingerprint density at radius 3 is 2.52 bits per heavy atom. The topological polar surface area (TPSA) is 76.5 Å². The third-order valence-electron chi connectivity index (χ3n) is 4.66. The number of hydrogen-bond donors (Lipinski definition) is 1. The van der Waals surface area contributed by atoms with Gasteiger partial charge in [-0.25, -0.2) is 13.5 Å². The van der Waals surface area contributed by atoms with E-state index in [1.165, 1.54) is 6.07 Å². The second-order valence-electron chi connectivity index (χ2n) is 6.61. The number of fused-ring (bicyclic) bond motifs is 1. The molecule has 1 aliphatic heterocycles. The van der Waals surface area contributed by atoms with Crippen molar-refractivity contribution in [1.29, 1.82) is 0 Å². The second kappa shape index (κ2) is 7.96. The van der Waals surface area contributed by atoms with Gasteiger partial charge in [-0.2, -0.15) is 5.10 Å². The zero-order chi connectivity index (χ0) is 20.4. The van der Waals surface area contributed by atoms with Gasteiger partial charge in [-0.05, 0) is 18.2 Å². The van der Waals surface area contributed by atoms with Gasteiger partial charge in [-0.15, -0.1) is 0 Å². The molecule has 0 saturated carbocycles. The van der Waals surface area contributed by atoms with E-state index in [4.69, 9.17) is 4.74 Å². The number of nitrogens with zero attached hydrogens (tertiary/aromatic N) is 3. The van der Waals surface area contributed by atoms with Crippen molar-refractivity contribution in [3.05, 3.63) is 64.5 Å². The van der Waals surface area contributed by atoms with Crippen LogP contribution in [0.3, 0.4) is 0 Å². The number of rotatable bonds is 4. The molecular formula is C20H18F2N4O3. The molecule has 4 rings (SSSR count). The first-order valence-corrected chi connectivity index (χ1v) is 9.10. The Bertz CT molecular complexity index is 1130. The molecule has 0 bridgehead atoms. The van der Waals surface area contributed by atoms with Gasteiger partial charge in [0, 0.05) is 30.2 Å². The molecule has 3 aromatic rings. The molecule has 9 heteroatoms. The minimum absolute atomic E-state index is 0.0936. The van der Waals surface area contributed by atoms with Crippen LogP contribution in [0.15, 0.2) is 47.3 Å². The molecule has 1 saturated heterocycles. The van der Waals surface area contributed by atoms with Crippen molar-refractivity contribution in [2.24, 2.45) is 0 Å². The molecule has 0 atom stereocenters. The molecule has 2 aromatic carbocycles. The Morgan fingerprint density at radius 1 is 1.07 bits per heavy atom. The number of ether oxygens (including phenoxy) is 1. The fourth-order valence-corrected chi connectivity index (χ4v) is 3.24. The van der Waals surface area contributed by atoms with E-state index in [0.29, 0.717) is 42.9 Å². The van der Waals surface area contributed by atoms with Gasteiger partial charge in [0.25, 0.3) is 5.56 Å². The summed E-state index contributed by atoms with van der Waals surface area (Å²) in [5.74, 6) is -2.05. The molecule has 2 heterocycles. The Hall–Kier alpha value is -3.33. The molecule has 1 amide bonds. The van der Waals surface area contributed by atoms with E-state index < -0.39 is 23.1 Å². The zero-order valence-electron chi connectivity index (χ0n) is 15.4. The first-order valence-electron chi connectivity index (χ1n) is 9.10. The summed E-state index contributed by atoms with van der Waals surface area (Å²) >= 11 is 0. The lowest BCUT2D eigenvalue weighted by Gasteiger charge is -2.29. The quantitative estimate of drug-likeness (QED) is 0.726. The molecule has 150 valence electrons. The van der Waals surface area contributed by atoms with Crippen molar-refractivity contribution in [3.63, 3.8) is 0 Å². The van der Waals surface area contributed by atoms with Crippen LogP contribution >= 0.6 is 0 Å². The molecule has 29 heavy (non-hydrogen) atoms. The summed E-state index contributed by atoms with van der Waals surface area (Å²) < 4.78 is 32.9. The number of carbonyl (C=O) groups is 1. The monoisotopic (exact) mass is 400 g/mol. The Balaban J connectivity index is 1.65. The summed E-state index contributed by atoms with van der Waals surface area (Å²) in [6, 6.07) is 10.1. The number of hydrogen-bond acceptors (Lipinski definition) is 5. The van der Waals surface area contributed by atoms with Crippen molar-refractivity contribution in [2.45, 2.75) is 6.54 Å². The molecule has 1 aromatic heterocycles. The predicted molar refractivity (Wildman–Crippen MR) is 104 cm³/mol. The van der Waals surface area contributed by atoms with Gasteiger partial charge >= 0.3 is 0 Å². The van der Waals surface area contributed by atoms with E-state index >= 15 is 0 Å². The van der Waals surface area contributed by atoms with E-state index in [2.05, 4.69) is 10.4 Å². The fourth-order valence-electron chi connectivity index (χ4n) is 3.24. The smallest absolute Gasteiger partial charge is 0.275 e. The Morgan fingerprint density at radius 2 is 1.79 bits per heavy atom. The summed E-state index contributed by atoms with van der Waals surface area (Å²) in [5, 5.41) is 8.02. The SMILES string of the molecule is O=C(Cn1nc(N2CCOCC2)c2ccccc2c1=O)Nc1ccc(F)c(F)c1. The number of halogens is 2. The predicted octanol–water partition coefficient (Wildman–Crippen LogP) is 2.15. The van der Waals surface area contributed by atoms with E-state index in [0.717, 1.165) is 16.8 Å². The van der Waals surface area contributed by atoms with Crippen LogP contribution in [0.5, 0.6) is 0 Å². The number of aromatic nitrogens is 2. The average Bonchev–Trinajstić information content (AvgIpc) is 2.73. The molecule has 1 aliphatic rings. The highest BCUT2D eigenvalue weighted by molar-refractivity contribution is 5.93. The van der Waals surface area contributed by atoms with E-state index in [1.807, 2.05) is 17.0 Å². The Labute approximate surface area is 164 Å². The van der Waals surface area contributed by atoms with Gasteiger partial charge in [-0.1, -0.05) is 18.2 Å². The average molecular weight is 400 g/mol. The summed E-state index contributed by atoms with van der Waals surface area (Å²) in [5.41, 5.74) is -0.311. The molecule has 0 radical (unpaired) electrons. The first-order chi connectivity index (χ1) is 14.0. The largest absolute Gasteiger partial charge is 0.378 e. The lowest BCUT2D eigenvalue weighted by Crippen LogP contribution is -2.39. The number of carbonyl (C=O) groups excluding carboxylic acids is 1. The van der Waals surface area contributed by atoms with Gasteiger partial charge in [0.15, 0.2) is 17.5 Å². The highest BCUT2D eigenvalue weighted by Gasteiger charge is 2.19. The summed E-state index contributed by atoms with van der Waals surface area (Å²) in [6.45, 7) is 1.98. The zero-order valence-corrected chi connectivity index (χ0v) is 15.4. The third-order valence-corrected chi connectivity index (χ3v) is 4.66. The van der Waals surface area contributed by atoms with Crippen molar-refractivity contribution < 1.29 is 18.3 Å². The van der Waals surface area contributed by atoms with Crippen molar-refractivity contribution >= 4 is 28.2 Å². The van der Waals surface area contributed by atoms with Gasteiger partial charge in [0.1, 0.15) is 6.54 Å². The highest BCUT2D eigenvalue weighted by atomic mass is 19.2. The van der Waals surface area contributed by atoms with Crippen LogP contribution in [0.1, 0.15) is 0 Å². The van der Waals surface area contributed by atoms with Gasteiger partial charge in [0.05, 0.1) is 18.6 Å². The minimum Gasteiger partial charge on any atom is -0.378 e. The van der Waals surface area contributed by atoms with Crippen LogP contribution in [0.25, 0.3) is 10.8 Å². The summed E-state index contributed by atoms with van der Waals surface area (Å²) in [4.78, 5) is 27.2. The number of nitrogens with one attached hydrogen (secondary N) is 1. The van der Waals surface area contributed by atoms with Crippen LogP contribution in [-0.2, 0) is 16.1 Å². The highest BCUT2D eigenvalue weighted by Crippen LogP contribution is 2.22. The Kier molecular flexibility index (Phi) is 5.22. The minimum atomic E-state index is -1.07. The maximum Gasteiger partial charge on any atom is 0.275 e. The van der Waals surface area contributed by atoms with Crippen LogP contribution in [0, 0.1) is 11.6 Å². The molecule has 0 spiro atoms. The molecular weight excluding hydrogens is 382 g/mol. The molecule has 0 unspecified atom stereocenters. The number of anilines is 2. The van der Waals surface area contributed by atoms with E-state index in [9.17, 15) is 18.4 Å². The van der Waals surface area contributed by atoms with Crippen LogP contribution < -0.4 is 15.8 Å². The normalized spacial score (nSPS) is 14.2. The molecule has 1 fully saturated rings. The van der Waals surface area contributed by atoms with Gasteiger partial charge in [0.2, 0.25) is 5.91 Å². The molecule has 1 N–H and O–H groups in total. The van der Waals surface area contributed by atoms with E-state index in [-0.39, 0.29) is 12.2 Å². The van der Waals surface area contributed by atoms with Crippen LogP contribution in [0.2, 0.25) is 0 Å². The number of morpholine rings is 1. The first kappa shape index (κ1) is 19.0. The number of benzene rings is 2.